The molecule has 0 saturated heterocycles. The fraction of sp³-hybridized carbons (Fsp3) is 0.789. The molecule has 0 radical (unpaired) electrons. The normalized spacial score (nSPS) is 12.4. The van der Waals surface area contributed by atoms with Crippen molar-refractivity contribution in [3.05, 3.63) is 0 Å². The molecule has 0 saturated carbocycles. The Labute approximate surface area is 187 Å². The van der Waals surface area contributed by atoms with E-state index in [0.29, 0.717) is 13.1 Å². The molecule has 0 rings (SSSR count). The van der Waals surface area contributed by atoms with Crippen molar-refractivity contribution in [1.82, 2.24) is 16.0 Å². The standard InChI is InChI=1S/C19H35N3O10/c1-3-16(25)32-15(10-23)13-30-18(27)5-4-17(26)29-11-14(24)12-31-19(28)22-9-8-21-7-6-20-2/h14-15,20-21,23-24H,3-13H2,1-2H3,(H,22,28). The Morgan fingerprint density at radius 1 is 0.844 bits per heavy atom. The van der Waals surface area contributed by atoms with Crippen LogP contribution in [-0.2, 0) is 33.3 Å². The molecule has 0 bridgehead atoms. The first kappa shape index (κ1) is 29.5. The van der Waals surface area contributed by atoms with Crippen molar-refractivity contribution in [2.45, 2.75) is 38.4 Å². The summed E-state index contributed by atoms with van der Waals surface area (Å²) in [7, 11) is 1.83. The van der Waals surface area contributed by atoms with Crippen LogP contribution in [0, 0.1) is 0 Å². The zero-order valence-corrected chi connectivity index (χ0v) is 18.6. The number of aliphatic hydroxyl groups excluding tert-OH is 2. The first-order valence-electron chi connectivity index (χ1n) is 10.4. The van der Waals surface area contributed by atoms with E-state index in [1.54, 1.807) is 6.92 Å². The fourth-order valence-corrected chi connectivity index (χ4v) is 1.98. The van der Waals surface area contributed by atoms with Crippen LogP contribution >= 0.6 is 0 Å². The maximum atomic E-state index is 11.6. The number of aliphatic hydroxyl groups is 2. The molecule has 2 unspecified atom stereocenters. The molecule has 0 aliphatic heterocycles. The average molecular weight is 466 g/mol. The Morgan fingerprint density at radius 3 is 2.03 bits per heavy atom. The third-order valence-electron chi connectivity index (χ3n) is 3.72. The van der Waals surface area contributed by atoms with Crippen LogP contribution < -0.4 is 16.0 Å². The van der Waals surface area contributed by atoms with E-state index < -0.39 is 49.4 Å². The Morgan fingerprint density at radius 2 is 1.44 bits per heavy atom. The number of carbonyl (C=O) groups is 4. The highest BCUT2D eigenvalue weighted by atomic mass is 16.6. The second kappa shape index (κ2) is 19.2. The molecular formula is C19H35N3O10. The number of rotatable bonds is 18. The largest absolute Gasteiger partial charge is 0.463 e. The number of esters is 3. The van der Waals surface area contributed by atoms with E-state index in [0.717, 1.165) is 13.1 Å². The van der Waals surface area contributed by atoms with Gasteiger partial charge < -0.3 is 45.1 Å². The molecule has 0 heterocycles. The van der Waals surface area contributed by atoms with Crippen molar-refractivity contribution in [3.63, 3.8) is 0 Å². The van der Waals surface area contributed by atoms with Crippen LogP contribution in [-0.4, -0.2) is 106 Å². The molecular weight excluding hydrogens is 430 g/mol. The summed E-state index contributed by atoms with van der Waals surface area (Å²) >= 11 is 0. The molecule has 0 aromatic heterocycles. The molecule has 13 heteroatoms. The molecule has 186 valence electrons. The number of likely N-dealkylation sites (N-methyl/N-ethyl adjacent to an activating group) is 1. The molecule has 5 N–H and O–H groups in total. The number of hydrogen-bond donors (Lipinski definition) is 5. The monoisotopic (exact) mass is 465 g/mol. The predicted octanol–water partition coefficient (Wildman–Crippen LogP) is -1.94. The summed E-state index contributed by atoms with van der Waals surface area (Å²) < 4.78 is 19.3. The van der Waals surface area contributed by atoms with Gasteiger partial charge in [0.25, 0.3) is 0 Å². The van der Waals surface area contributed by atoms with Crippen LogP contribution in [0.15, 0.2) is 0 Å². The molecule has 13 nitrogen and oxygen atoms in total. The highest BCUT2D eigenvalue weighted by Gasteiger charge is 2.17. The molecule has 0 aromatic rings. The van der Waals surface area contributed by atoms with Gasteiger partial charge in [-0.2, -0.15) is 0 Å². The van der Waals surface area contributed by atoms with Gasteiger partial charge in [-0.05, 0) is 7.05 Å². The minimum absolute atomic E-state index is 0.118. The van der Waals surface area contributed by atoms with E-state index in [1.165, 1.54) is 0 Å². The predicted molar refractivity (Wildman–Crippen MR) is 111 cm³/mol. The lowest BCUT2D eigenvalue weighted by molar-refractivity contribution is -0.162. The van der Waals surface area contributed by atoms with E-state index in [-0.39, 0.29) is 32.5 Å². The number of ether oxygens (including phenoxy) is 4. The summed E-state index contributed by atoms with van der Waals surface area (Å²) in [6.45, 7) is 2.43. The summed E-state index contributed by atoms with van der Waals surface area (Å²) in [6.07, 6.45) is -3.38. The van der Waals surface area contributed by atoms with Gasteiger partial charge in [-0.15, -0.1) is 0 Å². The van der Waals surface area contributed by atoms with Crippen LogP contribution in [0.1, 0.15) is 26.2 Å². The maximum absolute atomic E-state index is 11.6. The summed E-state index contributed by atoms with van der Waals surface area (Å²) in [5, 5.41) is 27.3. The number of alkyl carbamates (subject to hydrolysis) is 1. The van der Waals surface area contributed by atoms with E-state index in [2.05, 4.69) is 16.0 Å². The molecule has 0 aliphatic carbocycles. The number of hydrogen-bond acceptors (Lipinski definition) is 12. The van der Waals surface area contributed by atoms with Crippen molar-refractivity contribution >= 4 is 24.0 Å². The number of nitrogens with one attached hydrogen (secondary N) is 3. The Hall–Kier alpha value is -2.48. The van der Waals surface area contributed by atoms with Crippen LogP contribution in [0.4, 0.5) is 4.79 Å². The quantitative estimate of drug-likeness (QED) is 0.0859. The highest BCUT2D eigenvalue weighted by molar-refractivity contribution is 5.77. The Kier molecular flexibility index (Phi) is 17.7. The van der Waals surface area contributed by atoms with E-state index in [9.17, 15) is 24.3 Å². The zero-order valence-electron chi connectivity index (χ0n) is 18.6. The van der Waals surface area contributed by atoms with E-state index in [1.807, 2.05) is 7.05 Å². The van der Waals surface area contributed by atoms with E-state index >= 15 is 0 Å². The van der Waals surface area contributed by atoms with Gasteiger partial charge in [-0.3, -0.25) is 14.4 Å². The van der Waals surface area contributed by atoms with Crippen LogP contribution in [0.2, 0.25) is 0 Å². The lowest BCUT2D eigenvalue weighted by Gasteiger charge is -2.15. The van der Waals surface area contributed by atoms with Gasteiger partial charge in [0.15, 0.2) is 6.10 Å². The maximum Gasteiger partial charge on any atom is 0.407 e. The summed E-state index contributed by atoms with van der Waals surface area (Å²) in [6, 6.07) is 0. The van der Waals surface area contributed by atoms with Gasteiger partial charge in [0.2, 0.25) is 0 Å². The van der Waals surface area contributed by atoms with Gasteiger partial charge in [0.1, 0.15) is 25.9 Å². The lowest BCUT2D eigenvalue weighted by atomic mass is 10.3. The third kappa shape index (κ3) is 17.2. The number of amides is 1. The lowest BCUT2D eigenvalue weighted by Crippen LogP contribution is -2.36. The second-order valence-corrected chi connectivity index (χ2v) is 6.55. The molecule has 32 heavy (non-hydrogen) atoms. The minimum atomic E-state index is -1.22. The molecule has 0 aliphatic rings. The molecule has 2 atom stereocenters. The minimum Gasteiger partial charge on any atom is -0.463 e. The fourth-order valence-electron chi connectivity index (χ4n) is 1.98. The molecule has 0 fully saturated rings. The first-order valence-corrected chi connectivity index (χ1v) is 10.4. The van der Waals surface area contributed by atoms with Crippen molar-refractivity contribution < 1.29 is 48.3 Å². The summed E-state index contributed by atoms with van der Waals surface area (Å²) in [5.74, 6) is -2.04. The SMILES string of the molecule is CCC(=O)OC(CO)COC(=O)CCC(=O)OCC(O)COC(=O)NCCNCCNC. The highest BCUT2D eigenvalue weighted by Crippen LogP contribution is 2.01. The summed E-state index contributed by atoms with van der Waals surface area (Å²) in [5.41, 5.74) is 0. The number of carbonyl (C=O) groups excluding carboxylic acids is 4. The Balaban J connectivity index is 3.84. The van der Waals surface area contributed by atoms with Crippen LogP contribution in [0.5, 0.6) is 0 Å². The first-order chi connectivity index (χ1) is 15.3. The molecule has 0 spiro atoms. The smallest absolute Gasteiger partial charge is 0.407 e. The second-order valence-electron chi connectivity index (χ2n) is 6.55. The van der Waals surface area contributed by atoms with Crippen LogP contribution in [0.3, 0.4) is 0 Å². The van der Waals surface area contributed by atoms with Crippen molar-refractivity contribution in [3.8, 4) is 0 Å². The van der Waals surface area contributed by atoms with E-state index in [4.69, 9.17) is 24.1 Å². The molecule has 0 aromatic carbocycles. The third-order valence-corrected chi connectivity index (χ3v) is 3.72. The van der Waals surface area contributed by atoms with Crippen molar-refractivity contribution in [2.24, 2.45) is 0 Å². The van der Waals surface area contributed by atoms with Gasteiger partial charge >= 0.3 is 24.0 Å². The average Bonchev–Trinajstić information content (AvgIpc) is 2.79. The van der Waals surface area contributed by atoms with Crippen molar-refractivity contribution in [2.75, 3.05) is 59.7 Å². The van der Waals surface area contributed by atoms with Crippen LogP contribution in [0.25, 0.3) is 0 Å². The Bertz CT molecular complexity index is 561. The van der Waals surface area contributed by atoms with Gasteiger partial charge in [-0.25, -0.2) is 4.79 Å². The zero-order chi connectivity index (χ0) is 24.2. The van der Waals surface area contributed by atoms with Gasteiger partial charge in [0, 0.05) is 32.6 Å². The molecule has 1 amide bonds. The van der Waals surface area contributed by atoms with Crippen molar-refractivity contribution in [1.29, 1.82) is 0 Å². The summed E-state index contributed by atoms with van der Waals surface area (Å²) in [4.78, 5) is 45.9. The topological polar surface area (TPSA) is 182 Å². The van der Waals surface area contributed by atoms with Gasteiger partial charge in [-0.1, -0.05) is 6.92 Å². The van der Waals surface area contributed by atoms with Gasteiger partial charge in [0.05, 0.1) is 19.4 Å².